The number of hydrogen-bond donors (Lipinski definition) is 1. The Labute approximate surface area is 136 Å². The van der Waals surface area contributed by atoms with E-state index in [4.69, 9.17) is 14.2 Å². The van der Waals surface area contributed by atoms with Crippen LogP contribution in [0.1, 0.15) is 11.1 Å². The summed E-state index contributed by atoms with van der Waals surface area (Å²) >= 11 is 0. The molecule has 0 spiro atoms. The van der Waals surface area contributed by atoms with Crippen LogP contribution in [-0.4, -0.2) is 38.3 Å². The minimum atomic E-state index is -0.946. The Kier molecular flexibility index (Phi) is 6.35. The van der Waals surface area contributed by atoms with Crippen LogP contribution in [0.25, 0.3) is 22.9 Å². The van der Waals surface area contributed by atoms with Crippen LogP contribution in [0.3, 0.4) is 0 Å². The summed E-state index contributed by atoms with van der Waals surface area (Å²) in [5.41, 5.74) is 1.87. The van der Waals surface area contributed by atoms with Crippen molar-refractivity contribution >= 4 is 22.9 Å². The molecule has 0 aliphatic carbocycles. The lowest BCUT2D eigenvalue weighted by Gasteiger charge is -2.16. The minimum Gasteiger partial charge on any atom is -0.490 e. The van der Waals surface area contributed by atoms with Crippen LogP contribution < -0.4 is 4.74 Å². The zero-order valence-electron chi connectivity index (χ0n) is 13.3. The molecule has 0 heterocycles. The highest BCUT2D eigenvalue weighted by atomic mass is 16.6. The topological polar surface area (TPSA) is 47.9 Å². The molecule has 1 unspecified atom stereocenters. The van der Waals surface area contributed by atoms with Crippen molar-refractivity contribution < 1.29 is 19.3 Å². The third-order valence-corrected chi connectivity index (χ3v) is 3.45. The number of rotatable bonds is 9. The number of fused-ring (bicyclic) bond motifs is 1. The second kappa shape index (κ2) is 8.48. The highest BCUT2D eigenvalue weighted by Gasteiger charge is 2.11. The third-order valence-electron chi connectivity index (χ3n) is 3.45. The van der Waals surface area contributed by atoms with Crippen molar-refractivity contribution in [3.05, 3.63) is 54.6 Å². The zero-order chi connectivity index (χ0) is 16.7. The standard InChI is InChI=1S/C19H22O4/c1-4-14-12-15-8-6-7-9-17(15)19(16(14)5-2)23-11-10-22-18(20)13-21-3/h4-9,12,18,20H,1-2,10-11,13H2,3H3. The minimum absolute atomic E-state index is 0.132. The van der Waals surface area contributed by atoms with Crippen molar-refractivity contribution in [2.75, 3.05) is 26.9 Å². The Hall–Kier alpha value is -2.14. The average molecular weight is 314 g/mol. The van der Waals surface area contributed by atoms with Gasteiger partial charge in [0.2, 0.25) is 0 Å². The number of benzene rings is 2. The van der Waals surface area contributed by atoms with Gasteiger partial charge in [0.15, 0.2) is 6.29 Å². The summed E-state index contributed by atoms with van der Waals surface area (Å²) in [7, 11) is 1.51. The average Bonchev–Trinajstić information content (AvgIpc) is 2.57. The van der Waals surface area contributed by atoms with E-state index in [9.17, 15) is 5.11 Å². The quantitative estimate of drug-likeness (QED) is 0.568. The van der Waals surface area contributed by atoms with E-state index in [1.165, 1.54) is 7.11 Å². The molecule has 4 nitrogen and oxygen atoms in total. The summed E-state index contributed by atoms with van der Waals surface area (Å²) in [6.45, 7) is 8.43. The molecule has 0 fully saturated rings. The molecule has 0 aliphatic heterocycles. The Balaban J connectivity index is 2.20. The Morgan fingerprint density at radius 1 is 1.17 bits per heavy atom. The highest BCUT2D eigenvalue weighted by Crippen LogP contribution is 2.34. The molecule has 0 saturated heterocycles. The van der Waals surface area contributed by atoms with Crippen LogP contribution >= 0.6 is 0 Å². The van der Waals surface area contributed by atoms with Crippen molar-refractivity contribution in [3.63, 3.8) is 0 Å². The molecule has 0 saturated carbocycles. The lowest BCUT2D eigenvalue weighted by Crippen LogP contribution is -2.21. The fourth-order valence-corrected chi connectivity index (χ4v) is 2.40. The maximum atomic E-state index is 9.47. The summed E-state index contributed by atoms with van der Waals surface area (Å²) in [6.07, 6.45) is 2.60. The van der Waals surface area contributed by atoms with Crippen LogP contribution in [0.5, 0.6) is 5.75 Å². The van der Waals surface area contributed by atoms with Gasteiger partial charge in [0.25, 0.3) is 0 Å². The van der Waals surface area contributed by atoms with Crippen LogP contribution in [-0.2, 0) is 9.47 Å². The predicted molar refractivity (Wildman–Crippen MR) is 93.5 cm³/mol. The molecule has 4 heteroatoms. The van der Waals surface area contributed by atoms with E-state index in [1.807, 2.05) is 24.3 Å². The second-order valence-corrected chi connectivity index (χ2v) is 4.97. The number of ether oxygens (including phenoxy) is 3. The van der Waals surface area contributed by atoms with Gasteiger partial charge in [-0.1, -0.05) is 49.6 Å². The first kappa shape index (κ1) is 17.2. The van der Waals surface area contributed by atoms with Gasteiger partial charge in [-0.05, 0) is 17.0 Å². The molecule has 0 bridgehead atoms. The number of aliphatic hydroxyl groups excluding tert-OH is 1. The molecule has 23 heavy (non-hydrogen) atoms. The van der Waals surface area contributed by atoms with Gasteiger partial charge in [-0.2, -0.15) is 0 Å². The van der Waals surface area contributed by atoms with Gasteiger partial charge < -0.3 is 19.3 Å². The van der Waals surface area contributed by atoms with Crippen molar-refractivity contribution in [2.24, 2.45) is 0 Å². The van der Waals surface area contributed by atoms with Crippen molar-refractivity contribution in [1.29, 1.82) is 0 Å². The fraction of sp³-hybridized carbons (Fsp3) is 0.263. The van der Waals surface area contributed by atoms with E-state index in [2.05, 4.69) is 19.2 Å². The number of aliphatic hydroxyl groups is 1. The summed E-state index contributed by atoms with van der Waals surface area (Å²) in [6, 6.07) is 10.0. The highest BCUT2D eigenvalue weighted by molar-refractivity contribution is 5.94. The molecule has 2 aromatic rings. The van der Waals surface area contributed by atoms with Crippen molar-refractivity contribution in [2.45, 2.75) is 6.29 Å². The molecule has 0 aliphatic rings. The Morgan fingerprint density at radius 2 is 1.96 bits per heavy atom. The SMILES string of the molecule is C=Cc1cc2ccccc2c(OCCOC(O)COC)c1C=C. The van der Waals surface area contributed by atoms with E-state index < -0.39 is 6.29 Å². The first-order chi connectivity index (χ1) is 11.2. The van der Waals surface area contributed by atoms with Gasteiger partial charge in [0.05, 0.1) is 13.2 Å². The van der Waals surface area contributed by atoms with Gasteiger partial charge >= 0.3 is 0 Å². The van der Waals surface area contributed by atoms with Crippen molar-refractivity contribution in [3.8, 4) is 5.75 Å². The number of hydrogen-bond acceptors (Lipinski definition) is 4. The van der Waals surface area contributed by atoms with Gasteiger partial charge in [-0.3, -0.25) is 0 Å². The molecule has 0 aromatic heterocycles. The molecular formula is C19H22O4. The first-order valence-corrected chi connectivity index (χ1v) is 7.43. The zero-order valence-corrected chi connectivity index (χ0v) is 13.3. The largest absolute Gasteiger partial charge is 0.490 e. The summed E-state index contributed by atoms with van der Waals surface area (Å²) in [4.78, 5) is 0. The molecule has 0 amide bonds. The molecule has 2 aromatic carbocycles. The molecule has 1 atom stereocenters. The normalized spacial score (nSPS) is 12.1. The Bertz CT molecular complexity index is 678. The summed E-state index contributed by atoms with van der Waals surface area (Å²) in [5, 5.41) is 11.5. The van der Waals surface area contributed by atoms with E-state index in [1.54, 1.807) is 12.2 Å². The maximum absolute atomic E-state index is 9.47. The van der Waals surface area contributed by atoms with Gasteiger partial charge in [-0.15, -0.1) is 0 Å². The van der Waals surface area contributed by atoms with E-state index in [-0.39, 0.29) is 13.2 Å². The Morgan fingerprint density at radius 3 is 2.65 bits per heavy atom. The van der Waals surface area contributed by atoms with Gasteiger partial charge in [0, 0.05) is 18.1 Å². The summed E-state index contributed by atoms with van der Waals surface area (Å²) in [5.74, 6) is 0.748. The van der Waals surface area contributed by atoms with Crippen molar-refractivity contribution in [1.82, 2.24) is 0 Å². The smallest absolute Gasteiger partial charge is 0.178 e. The fourth-order valence-electron chi connectivity index (χ4n) is 2.40. The second-order valence-electron chi connectivity index (χ2n) is 4.97. The molecular weight excluding hydrogens is 292 g/mol. The van der Waals surface area contributed by atoms with Gasteiger partial charge in [-0.25, -0.2) is 0 Å². The van der Waals surface area contributed by atoms with Crippen LogP contribution in [0.2, 0.25) is 0 Å². The van der Waals surface area contributed by atoms with E-state index >= 15 is 0 Å². The lowest BCUT2D eigenvalue weighted by atomic mass is 9.99. The molecule has 2 rings (SSSR count). The van der Waals surface area contributed by atoms with Gasteiger partial charge in [0.1, 0.15) is 12.4 Å². The molecule has 0 radical (unpaired) electrons. The van der Waals surface area contributed by atoms with E-state index in [0.717, 1.165) is 27.6 Å². The van der Waals surface area contributed by atoms with Crippen LogP contribution in [0.4, 0.5) is 0 Å². The molecule has 1 N–H and O–H groups in total. The predicted octanol–water partition coefficient (Wildman–Crippen LogP) is 3.49. The lowest BCUT2D eigenvalue weighted by molar-refractivity contribution is -0.135. The third kappa shape index (κ3) is 4.20. The van der Waals surface area contributed by atoms with Crippen LogP contribution in [0, 0.1) is 0 Å². The monoisotopic (exact) mass is 314 g/mol. The van der Waals surface area contributed by atoms with Crippen LogP contribution in [0.15, 0.2) is 43.5 Å². The van der Waals surface area contributed by atoms with E-state index in [0.29, 0.717) is 6.61 Å². The number of methoxy groups -OCH3 is 1. The summed E-state index contributed by atoms with van der Waals surface area (Å²) < 4.78 is 15.9. The first-order valence-electron chi connectivity index (χ1n) is 7.43. The molecule has 122 valence electrons. The maximum Gasteiger partial charge on any atom is 0.178 e.